The molecule has 0 saturated heterocycles. The third kappa shape index (κ3) is 4.30. The first-order chi connectivity index (χ1) is 21.0. The molecule has 3 aromatic heterocycles. The van der Waals surface area contributed by atoms with Crippen molar-refractivity contribution in [2.24, 2.45) is 17.3 Å². The van der Waals surface area contributed by atoms with Crippen LogP contribution in [-0.2, 0) is 7.05 Å². The van der Waals surface area contributed by atoms with Crippen molar-refractivity contribution in [3.63, 3.8) is 0 Å². The summed E-state index contributed by atoms with van der Waals surface area (Å²) in [5.41, 5.74) is 2.85. The Bertz CT molecular complexity index is 2280. The van der Waals surface area contributed by atoms with Gasteiger partial charge in [0.25, 0.3) is 17.5 Å². The van der Waals surface area contributed by atoms with Crippen molar-refractivity contribution in [3.05, 3.63) is 114 Å². The Kier molecular flexibility index (Phi) is 6.07. The van der Waals surface area contributed by atoms with E-state index >= 15 is 0 Å². The smallest absolute Gasteiger partial charge is 0.260 e. The minimum Gasteiger partial charge on any atom is -0.505 e. The van der Waals surface area contributed by atoms with Gasteiger partial charge in [-0.3, -0.25) is 4.79 Å². The van der Waals surface area contributed by atoms with E-state index in [1.165, 1.54) is 10.9 Å². The number of phenols is 1. The number of hydrogen-bond donors (Lipinski definition) is 2. The quantitative estimate of drug-likeness (QED) is 0.167. The second kappa shape index (κ2) is 10.2. The van der Waals surface area contributed by atoms with E-state index in [1.807, 2.05) is 49.5 Å². The van der Waals surface area contributed by atoms with Crippen molar-refractivity contribution in [1.29, 1.82) is 0 Å². The number of aromatic nitrogens is 5. The molecule has 7 aromatic rings. The summed E-state index contributed by atoms with van der Waals surface area (Å²) in [7, 11) is 1.99. The largest absolute Gasteiger partial charge is 0.505 e. The zero-order valence-electron chi connectivity index (χ0n) is 22.7. The molecule has 11 heteroatoms. The Morgan fingerprint density at radius 3 is 2.47 bits per heavy atom. The number of hydrogen-bond acceptors (Lipinski definition) is 7. The van der Waals surface area contributed by atoms with Crippen LogP contribution in [0.5, 0.6) is 5.75 Å². The zero-order valence-corrected chi connectivity index (χ0v) is 22.7. The second-order valence-electron chi connectivity index (χ2n) is 9.73. The number of aromatic hydroxyl groups is 1. The fraction of sp³-hybridized carbons (Fsp3) is 0.0312. The number of fused-ring (bicyclic) bond motifs is 4. The molecular formula is C32H21N9O2. The molecule has 0 aliphatic rings. The molecule has 7 rings (SSSR count). The number of rotatable bonds is 5. The SMILES string of the molecule is [C-]#[N+]c1cnn(-c2ncccn2)c1/N=N/c1cc2ccccc2c(C(=O)Nc2ccc3c4ccccc4n(C)c3c2)c1O. The van der Waals surface area contributed by atoms with Crippen LogP contribution >= 0.6 is 0 Å². The summed E-state index contributed by atoms with van der Waals surface area (Å²) in [6, 6.07) is 24.3. The van der Waals surface area contributed by atoms with E-state index < -0.39 is 5.91 Å². The van der Waals surface area contributed by atoms with Gasteiger partial charge >= 0.3 is 0 Å². The molecule has 4 aromatic carbocycles. The van der Waals surface area contributed by atoms with Crippen LogP contribution in [0.15, 0.2) is 108 Å². The fourth-order valence-corrected chi connectivity index (χ4v) is 5.21. The minimum atomic E-state index is -0.506. The molecule has 1 amide bonds. The maximum atomic E-state index is 13.7. The molecule has 0 aliphatic carbocycles. The molecule has 0 unspecified atom stereocenters. The molecule has 2 N–H and O–H groups in total. The third-order valence-electron chi connectivity index (χ3n) is 7.24. The summed E-state index contributed by atoms with van der Waals surface area (Å²) in [6.45, 7) is 7.51. The van der Waals surface area contributed by atoms with Crippen LogP contribution in [0.25, 0.3) is 43.4 Å². The van der Waals surface area contributed by atoms with E-state index in [0.29, 0.717) is 16.5 Å². The highest BCUT2D eigenvalue weighted by Gasteiger charge is 2.21. The van der Waals surface area contributed by atoms with Crippen molar-refractivity contribution in [2.45, 2.75) is 0 Å². The summed E-state index contributed by atoms with van der Waals surface area (Å²) in [4.78, 5) is 25.5. The van der Waals surface area contributed by atoms with Crippen LogP contribution in [0.2, 0.25) is 0 Å². The maximum absolute atomic E-state index is 13.7. The number of aryl methyl sites for hydroxylation is 1. The topological polar surface area (TPSA) is 127 Å². The number of carbonyl (C=O) groups excluding carboxylic acids is 1. The van der Waals surface area contributed by atoms with Gasteiger partial charge in [0.05, 0.1) is 23.8 Å². The number of carbonyl (C=O) groups is 1. The van der Waals surface area contributed by atoms with Gasteiger partial charge in [-0.15, -0.1) is 10.2 Å². The van der Waals surface area contributed by atoms with Gasteiger partial charge < -0.3 is 15.0 Å². The van der Waals surface area contributed by atoms with Crippen molar-refractivity contribution in [2.75, 3.05) is 5.32 Å². The Hall–Kier alpha value is -6.41. The number of nitrogens with zero attached hydrogens (tertiary/aromatic N) is 8. The van der Waals surface area contributed by atoms with E-state index in [-0.39, 0.29) is 34.5 Å². The lowest BCUT2D eigenvalue weighted by molar-refractivity contribution is 0.102. The first kappa shape index (κ1) is 25.6. The van der Waals surface area contributed by atoms with Gasteiger partial charge in [-0.1, -0.05) is 48.5 Å². The first-order valence-electron chi connectivity index (χ1n) is 13.2. The van der Waals surface area contributed by atoms with Gasteiger partial charge in [0.1, 0.15) is 5.69 Å². The van der Waals surface area contributed by atoms with E-state index in [9.17, 15) is 9.90 Å². The predicted molar refractivity (Wildman–Crippen MR) is 164 cm³/mol. The van der Waals surface area contributed by atoms with Crippen LogP contribution in [0, 0.1) is 6.57 Å². The fourth-order valence-electron chi connectivity index (χ4n) is 5.21. The Morgan fingerprint density at radius 2 is 1.65 bits per heavy atom. The highest BCUT2D eigenvalue weighted by molar-refractivity contribution is 6.17. The number of azo groups is 1. The van der Waals surface area contributed by atoms with Gasteiger partial charge in [-0.25, -0.2) is 14.8 Å². The van der Waals surface area contributed by atoms with Crippen molar-refractivity contribution in [3.8, 4) is 11.7 Å². The highest BCUT2D eigenvalue weighted by atomic mass is 16.3. The Balaban J connectivity index is 1.29. The highest BCUT2D eigenvalue weighted by Crippen LogP contribution is 2.40. The number of phenolic OH excluding ortho intramolecular Hbond substituents is 1. The molecule has 0 bridgehead atoms. The van der Waals surface area contributed by atoms with Crippen LogP contribution in [-0.4, -0.2) is 35.3 Å². The number of benzene rings is 4. The molecule has 3 heterocycles. The average molecular weight is 564 g/mol. The zero-order chi connectivity index (χ0) is 29.5. The normalized spacial score (nSPS) is 11.4. The number of anilines is 1. The molecule has 0 aliphatic heterocycles. The van der Waals surface area contributed by atoms with E-state index in [2.05, 4.69) is 52.2 Å². The van der Waals surface area contributed by atoms with E-state index in [4.69, 9.17) is 6.57 Å². The van der Waals surface area contributed by atoms with E-state index in [0.717, 1.165) is 21.8 Å². The summed E-state index contributed by atoms with van der Waals surface area (Å²) < 4.78 is 3.36. The van der Waals surface area contributed by atoms with E-state index in [1.54, 1.807) is 36.7 Å². The van der Waals surface area contributed by atoms with Crippen molar-refractivity contribution < 1.29 is 9.90 Å². The van der Waals surface area contributed by atoms with Gasteiger partial charge in [0, 0.05) is 41.4 Å². The molecule has 0 atom stereocenters. The molecule has 11 nitrogen and oxygen atoms in total. The molecule has 43 heavy (non-hydrogen) atoms. The standard InChI is InChI=1S/C32H21N9O2/c1-33-25-18-36-41(32-34-14-7-15-35-32)30(25)39-38-24-16-19-8-3-4-9-21(19)28(29(24)42)31(43)37-20-12-13-23-22-10-5-6-11-26(22)40(2)27(23)17-20/h3-18,42H,2H3,(H,37,43)/b39-38+. The monoisotopic (exact) mass is 563 g/mol. The number of amides is 1. The first-order valence-corrected chi connectivity index (χ1v) is 13.2. The molecular weight excluding hydrogens is 542 g/mol. The van der Waals surface area contributed by atoms with Crippen molar-refractivity contribution >= 4 is 61.4 Å². The summed E-state index contributed by atoms with van der Waals surface area (Å²) in [6.07, 6.45) is 4.42. The Labute approximate surface area is 244 Å². The lowest BCUT2D eigenvalue weighted by atomic mass is 10.0. The maximum Gasteiger partial charge on any atom is 0.260 e. The molecule has 0 spiro atoms. The second-order valence-corrected chi connectivity index (χ2v) is 9.73. The lowest BCUT2D eigenvalue weighted by Gasteiger charge is -2.12. The van der Waals surface area contributed by atoms with Crippen LogP contribution in [0.4, 0.5) is 22.9 Å². The molecule has 206 valence electrons. The minimum absolute atomic E-state index is 0.0469. The van der Waals surface area contributed by atoms with Gasteiger partial charge in [0.15, 0.2) is 11.6 Å². The molecule has 0 radical (unpaired) electrons. The van der Waals surface area contributed by atoms with Gasteiger partial charge in [-0.05, 0) is 41.1 Å². The van der Waals surface area contributed by atoms with Crippen LogP contribution < -0.4 is 5.32 Å². The summed E-state index contributed by atoms with van der Waals surface area (Å²) in [5, 5.41) is 30.4. The lowest BCUT2D eigenvalue weighted by Crippen LogP contribution is -2.13. The van der Waals surface area contributed by atoms with Crippen LogP contribution in [0.3, 0.4) is 0 Å². The molecule has 0 saturated carbocycles. The summed E-state index contributed by atoms with van der Waals surface area (Å²) >= 11 is 0. The predicted octanol–water partition coefficient (Wildman–Crippen LogP) is 7.38. The van der Waals surface area contributed by atoms with Crippen molar-refractivity contribution in [1.82, 2.24) is 24.3 Å². The number of nitrogens with one attached hydrogen (secondary N) is 1. The van der Waals surface area contributed by atoms with Gasteiger partial charge in [-0.2, -0.15) is 9.78 Å². The third-order valence-corrected chi connectivity index (χ3v) is 7.24. The number of para-hydroxylation sites is 1. The Morgan fingerprint density at radius 1 is 0.907 bits per heavy atom. The van der Waals surface area contributed by atoms with Gasteiger partial charge in [0.2, 0.25) is 0 Å². The van der Waals surface area contributed by atoms with Crippen LogP contribution in [0.1, 0.15) is 10.4 Å². The average Bonchev–Trinajstić information content (AvgIpc) is 3.58. The molecule has 0 fully saturated rings. The summed E-state index contributed by atoms with van der Waals surface area (Å²) in [5.74, 6) is -0.564.